The Labute approximate surface area is 255 Å². The van der Waals surface area contributed by atoms with Gasteiger partial charge in [-0.3, -0.25) is 0 Å². The van der Waals surface area contributed by atoms with E-state index in [1.165, 1.54) is 11.8 Å². The van der Waals surface area contributed by atoms with E-state index in [-0.39, 0.29) is 13.2 Å². The van der Waals surface area contributed by atoms with E-state index >= 15 is 0 Å². The van der Waals surface area contributed by atoms with Gasteiger partial charge in [0.15, 0.2) is 6.10 Å². The summed E-state index contributed by atoms with van der Waals surface area (Å²) in [5.41, 5.74) is 12.5. The van der Waals surface area contributed by atoms with Gasteiger partial charge in [-0.15, -0.1) is 0 Å². The fourth-order valence-corrected chi connectivity index (χ4v) is 5.90. The van der Waals surface area contributed by atoms with E-state index in [0.29, 0.717) is 12.2 Å². The third-order valence-electron chi connectivity index (χ3n) is 7.00. The number of esters is 1. The van der Waals surface area contributed by atoms with Crippen LogP contribution in [0.1, 0.15) is 27.0 Å². The van der Waals surface area contributed by atoms with E-state index in [2.05, 4.69) is 10.0 Å². The van der Waals surface area contributed by atoms with Gasteiger partial charge in [0.05, 0.1) is 25.4 Å². The number of rotatable bonds is 12. The van der Waals surface area contributed by atoms with Crippen molar-refractivity contribution < 1.29 is 23.7 Å². The predicted octanol–water partition coefficient (Wildman–Crippen LogP) is 7.52. The average molecular weight is 596 g/mol. The van der Waals surface area contributed by atoms with Crippen molar-refractivity contribution in [3.8, 4) is 0 Å². The third kappa shape index (κ3) is 8.47. The molecular weight excluding hydrogens is 562 g/mol. The van der Waals surface area contributed by atoms with Crippen LogP contribution in [0.2, 0.25) is 0 Å². The molecule has 5 rings (SSSR count). The second-order valence-electron chi connectivity index (χ2n) is 10.2. The molecule has 1 saturated heterocycles. The summed E-state index contributed by atoms with van der Waals surface area (Å²) in [7, 11) is 0. The minimum Gasteiger partial charge on any atom is -0.453 e. The second kappa shape index (κ2) is 15.4. The Morgan fingerprint density at radius 3 is 2.07 bits per heavy atom. The number of carbonyl (C=O) groups excluding carboxylic acids is 1. The maximum absolute atomic E-state index is 13.4. The van der Waals surface area contributed by atoms with E-state index in [0.717, 1.165) is 21.6 Å². The largest absolute Gasteiger partial charge is 0.453 e. The SMILES string of the molecule is Cc1ccc(SC2O[C@H](COCc3ccccc3)[C@@H](OC(=O)c3ccccc3)[C@H](OCc3ccccc3)[C@H]2N=[N+]=[N-])cc1. The van der Waals surface area contributed by atoms with Gasteiger partial charge in [0, 0.05) is 9.81 Å². The predicted molar refractivity (Wildman–Crippen MR) is 165 cm³/mol. The first-order chi connectivity index (χ1) is 21.1. The van der Waals surface area contributed by atoms with E-state index in [4.69, 9.17) is 18.9 Å². The number of ether oxygens (including phenoxy) is 4. The van der Waals surface area contributed by atoms with E-state index in [1.54, 1.807) is 24.3 Å². The van der Waals surface area contributed by atoms with Gasteiger partial charge in [0.25, 0.3) is 0 Å². The van der Waals surface area contributed by atoms with Crippen molar-refractivity contribution in [2.75, 3.05) is 6.61 Å². The van der Waals surface area contributed by atoms with Crippen LogP contribution in [-0.4, -0.2) is 42.4 Å². The molecule has 0 bridgehead atoms. The Balaban J connectivity index is 1.46. The third-order valence-corrected chi connectivity index (χ3v) is 8.17. The number of thioether (sulfide) groups is 1. The number of nitrogens with zero attached hydrogens (tertiary/aromatic N) is 3. The molecule has 1 aliphatic rings. The number of azide groups is 1. The molecule has 8 nitrogen and oxygen atoms in total. The van der Waals surface area contributed by atoms with Crippen LogP contribution in [0, 0.1) is 6.92 Å². The average Bonchev–Trinajstić information content (AvgIpc) is 3.05. The van der Waals surface area contributed by atoms with Crippen molar-refractivity contribution in [3.05, 3.63) is 148 Å². The number of hydrogen-bond acceptors (Lipinski definition) is 7. The van der Waals surface area contributed by atoms with Gasteiger partial charge >= 0.3 is 5.97 Å². The standard InChI is InChI=1S/C34H33N3O5S/c1-24-17-19-28(20-18-24)43-34-30(36-37-35)32(40-22-26-13-7-3-8-14-26)31(42-33(38)27-15-9-4-10-16-27)29(41-34)23-39-21-25-11-5-2-6-12-25/h2-20,29-32,34H,21-23H2,1H3/t29-,30-,31-,32-,34?/m1/s1. The van der Waals surface area contributed by atoms with Crippen molar-refractivity contribution in [2.45, 2.75) is 54.8 Å². The Morgan fingerprint density at radius 1 is 0.837 bits per heavy atom. The van der Waals surface area contributed by atoms with Crippen LogP contribution >= 0.6 is 11.8 Å². The smallest absolute Gasteiger partial charge is 0.338 e. The molecule has 0 aromatic heterocycles. The summed E-state index contributed by atoms with van der Waals surface area (Å²) in [5, 5.41) is 4.14. The maximum atomic E-state index is 13.4. The Bertz CT molecular complexity index is 1490. The van der Waals surface area contributed by atoms with Gasteiger partial charge in [-0.25, -0.2) is 4.79 Å². The number of benzene rings is 4. The number of carbonyl (C=O) groups is 1. The first kappa shape index (κ1) is 30.4. The molecule has 0 spiro atoms. The number of hydrogen-bond donors (Lipinski definition) is 0. The van der Waals surface area contributed by atoms with Gasteiger partial charge in [-0.1, -0.05) is 113 Å². The molecule has 1 heterocycles. The monoisotopic (exact) mass is 595 g/mol. The fraction of sp³-hybridized carbons (Fsp3) is 0.265. The van der Waals surface area contributed by atoms with Gasteiger partial charge in [-0.05, 0) is 47.8 Å². The van der Waals surface area contributed by atoms with E-state index in [1.807, 2.05) is 97.9 Å². The lowest BCUT2D eigenvalue weighted by Gasteiger charge is -2.44. The van der Waals surface area contributed by atoms with E-state index in [9.17, 15) is 10.3 Å². The summed E-state index contributed by atoms with van der Waals surface area (Å²) >= 11 is 1.43. The minimum absolute atomic E-state index is 0.126. The van der Waals surface area contributed by atoms with Crippen LogP contribution in [0.25, 0.3) is 10.4 Å². The summed E-state index contributed by atoms with van der Waals surface area (Å²) in [5.74, 6) is -0.528. The molecule has 0 N–H and O–H groups in total. The van der Waals surface area contributed by atoms with Gasteiger partial charge in [0.2, 0.25) is 0 Å². The van der Waals surface area contributed by atoms with Gasteiger partial charge in [-0.2, -0.15) is 0 Å². The summed E-state index contributed by atoms with van der Waals surface area (Å²) in [6.07, 6.45) is -2.44. The Hall–Kier alpha value is -4.11. The molecule has 1 aliphatic heterocycles. The molecular formula is C34H33N3O5S. The Morgan fingerprint density at radius 2 is 1.44 bits per heavy atom. The topological polar surface area (TPSA) is 103 Å². The molecule has 0 radical (unpaired) electrons. The summed E-state index contributed by atoms with van der Waals surface area (Å²) in [4.78, 5) is 17.5. The van der Waals surface area contributed by atoms with Crippen molar-refractivity contribution in [2.24, 2.45) is 5.11 Å². The van der Waals surface area contributed by atoms with Crippen molar-refractivity contribution in [1.29, 1.82) is 0 Å². The van der Waals surface area contributed by atoms with Crippen LogP contribution in [0.5, 0.6) is 0 Å². The highest BCUT2D eigenvalue weighted by Crippen LogP contribution is 2.38. The van der Waals surface area contributed by atoms with Crippen LogP contribution in [0.3, 0.4) is 0 Å². The first-order valence-electron chi connectivity index (χ1n) is 14.1. The molecule has 9 heteroatoms. The lowest BCUT2D eigenvalue weighted by atomic mass is 9.97. The molecule has 1 unspecified atom stereocenters. The van der Waals surface area contributed by atoms with Crippen molar-refractivity contribution in [3.63, 3.8) is 0 Å². The lowest BCUT2D eigenvalue weighted by molar-refractivity contribution is -0.192. The number of aryl methyl sites for hydroxylation is 1. The molecule has 4 aromatic carbocycles. The zero-order chi connectivity index (χ0) is 29.9. The Kier molecular flexibility index (Phi) is 10.9. The first-order valence-corrected chi connectivity index (χ1v) is 14.9. The second-order valence-corrected chi connectivity index (χ2v) is 11.3. The van der Waals surface area contributed by atoms with Crippen LogP contribution in [0.15, 0.2) is 125 Å². The lowest BCUT2D eigenvalue weighted by Crippen LogP contribution is -2.59. The minimum atomic E-state index is -0.919. The fourth-order valence-electron chi connectivity index (χ4n) is 4.79. The molecule has 4 aromatic rings. The van der Waals surface area contributed by atoms with Crippen LogP contribution in [0.4, 0.5) is 0 Å². The van der Waals surface area contributed by atoms with Crippen LogP contribution < -0.4 is 0 Å². The zero-order valence-electron chi connectivity index (χ0n) is 23.8. The molecule has 5 atom stereocenters. The molecule has 1 fully saturated rings. The maximum Gasteiger partial charge on any atom is 0.338 e. The molecule has 220 valence electrons. The highest BCUT2D eigenvalue weighted by Gasteiger charge is 2.49. The summed E-state index contributed by atoms with van der Waals surface area (Å²) in [6.45, 7) is 2.72. The van der Waals surface area contributed by atoms with Gasteiger partial charge < -0.3 is 18.9 Å². The molecule has 43 heavy (non-hydrogen) atoms. The molecule has 0 aliphatic carbocycles. The summed E-state index contributed by atoms with van der Waals surface area (Å²) in [6, 6.07) is 35.5. The van der Waals surface area contributed by atoms with E-state index < -0.39 is 35.8 Å². The van der Waals surface area contributed by atoms with Crippen molar-refractivity contribution >= 4 is 17.7 Å². The highest BCUT2D eigenvalue weighted by atomic mass is 32.2. The summed E-state index contributed by atoms with van der Waals surface area (Å²) < 4.78 is 25.3. The quantitative estimate of drug-likeness (QED) is 0.0726. The highest BCUT2D eigenvalue weighted by molar-refractivity contribution is 7.99. The molecule has 0 saturated carbocycles. The van der Waals surface area contributed by atoms with Gasteiger partial charge in [0.1, 0.15) is 23.7 Å². The normalized spacial score (nSPS) is 21.5. The van der Waals surface area contributed by atoms with Crippen molar-refractivity contribution in [1.82, 2.24) is 0 Å². The molecule has 0 amide bonds. The zero-order valence-corrected chi connectivity index (χ0v) is 24.6. The van der Waals surface area contributed by atoms with Crippen LogP contribution in [-0.2, 0) is 32.2 Å².